The van der Waals surface area contributed by atoms with E-state index in [-0.39, 0.29) is 11.9 Å². The largest absolute Gasteiger partial charge is 0.469 e. The monoisotopic (exact) mass is 311 g/mol. The van der Waals surface area contributed by atoms with Crippen molar-refractivity contribution < 1.29 is 14.3 Å². The molecule has 1 aliphatic carbocycles. The second kappa shape index (κ2) is 6.70. The van der Waals surface area contributed by atoms with Gasteiger partial charge < -0.3 is 9.47 Å². The van der Waals surface area contributed by atoms with Crippen LogP contribution in [-0.4, -0.2) is 42.8 Å². The number of methoxy groups -OCH3 is 1. The van der Waals surface area contributed by atoms with Crippen LogP contribution in [0.25, 0.3) is 0 Å². The molecule has 0 aliphatic heterocycles. The molecule has 0 N–H and O–H groups in total. The van der Waals surface area contributed by atoms with Crippen LogP contribution >= 0.6 is 0 Å². The minimum atomic E-state index is -1.06. The Kier molecular flexibility index (Phi) is 5.16. The summed E-state index contributed by atoms with van der Waals surface area (Å²) in [6.45, 7) is 8.23. The first kappa shape index (κ1) is 16.2. The summed E-state index contributed by atoms with van der Waals surface area (Å²) in [5.41, 5.74) is 2.01. The molecule has 118 valence electrons. The van der Waals surface area contributed by atoms with Crippen molar-refractivity contribution >= 4 is 14.0 Å². The van der Waals surface area contributed by atoms with E-state index in [9.17, 15) is 4.79 Å². The molecule has 1 heterocycles. The third-order valence-electron chi connectivity index (χ3n) is 3.83. The topological polar surface area (TPSA) is 66.2 Å². The molecule has 1 aliphatic rings. The standard InChI is InChI=1S/C14H25N3O3Si/c1-19-14(18)11-5-6-13-12(9-11)15-16-17(13)10-20-7-8-21(2,3)4/h11H,5-10H2,1-4H3. The molecule has 1 atom stereocenters. The van der Waals surface area contributed by atoms with Gasteiger partial charge in [0.15, 0.2) is 0 Å². The Balaban J connectivity index is 1.88. The normalized spacial score (nSPS) is 18.4. The van der Waals surface area contributed by atoms with E-state index in [0.717, 1.165) is 36.9 Å². The lowest BCUT2D eigenvalue weighted by Crippen LogP contribution is -2.25. The number of hydrogen-bond acceptors (Lipinski definition) is 5. The summed E-state index contributed by atoms with van der Waals surface area (Å²) in [6.07, 6.45) is 2.22. The fraction of sp³-hybridized carbons (Fsp3) is 0.786. The van der Waals surface area contributed by atoms with E-state index in [1.165, 1.54) is 7.11 Å². The molecule has 0 bridgehead atoms. The lowest BCUT2D eigenvalue weighted by molar-refractivity contribution is -0.145. The van der Waals surface area contributed by atoms with Crippen molar-refractivity contribution in [3.8, 4) is 0 Å². The van der Waals surface area contributed by atoms with Gasteiger partial charge in [0.1, 0.15) is 6.73 Å². The zero-order valence-corrected chi connectivity index (χ0v) is 14.4. The van der Waals surface area contributed by atoms with Crippen LogP contribution in [-0.2, 0) is 33.8 Å². The van der Waals surface area contributed by atoms with Gasteiger partial charge in [0.25, 0.3) is 0 Å². The minimum Gasteiger partial charge on any atom is -0.469 e. The van der Waals surface area contributed by atoms with Crippen molar-refractivity contribution in [1.82, 2.24) is 15.0 Å². The van der Waals surface area contributed by atoms with Crippen LogP contribution in [0.4, 0.5) is 0 Å². The van der Waals surface area contributed by atoms with E-state index < -0.39 is 8.07 Å². The molecular formula is C14H25N3O3Si. The number of carbonyl (C=O) groups excluding carboxylic acids is 1. The first-order chi connectivity index (χ1) is 9.90. The summed E-state index contributed by atoms with van der Waals surface area (Å²) in [7, 11) is 0.376. The number of nitrogens with zero attached hydrogens (tertiary/aromatic N) is 3. The summed E-state index contributed by atoms with van der Waals surface area (Å²) >= 11 is 0. The van der Waals surface area contributed by atoms with Gasteiger partial charge in [-0.2, -0.15) is 0 Å². The highest BCUT2D eigenvalue weighted by molar-refractivity contribution is 6.76. The van der Waals surface area contributed by atoms with E-state index in [1.807, 2.05) is 4.68 Å². The zero-order valence-electron chi connectivity index (χ0n) is 13.4. The van der Waals surface area contributed by atoms with Crippen molar-refractivity contribution in [2.75, 3.05) is 13.7 Å². The molecule has 0 saturated heterocycles. The molecule has 0 aromatic carbocycles. The highest BCUT2D eigenvalue weighted by atomic mass is 28.3. The second-order valence-electron chi connectivity index (χ2n) is 6.79. The van der Waals surface area contributed by atoms with Crippen molar-refractivity contribution in [1.29, 1.82) is 0 Å². The maximum atomic E-state index is 11.6. The van der Waals surface area contributed by atoms with E-state index in [0.29, 0.717) is 13.2 Å². The summed E-state index contributed by atoms with van der Waals surface area (Å²) in [5.74, 6) is -0.234. The second-order valence-corrected chi connectivity index (χ2v) is 12.4. The molecule has 0 fully saturated rings. The molecule has 0 saturated carbocycles. The number of fused-ring (bicyclic) bond motifs is 1. The molecule has 1 aromatic heterocycles. The number of aromatic nitrogens is 3. The lowest BCUT2D eigenvalue weighted by Gasteiger charge is -2.20. The molecule has 0 radical (unpaired) electrons. The van der Waals surface area contributed by atoms with Gasteiger partial charge >= 0.3 is 5.97 Å². The average molecular weight is 311 g/mol. The van der Waals surface area contributed by atoms with Gasteiger partial charge in [-0.05, 0) is 18.9 Å². The van der Waals surface area contributed by atoms with Crippen LogP contribution < -0.4 is 0 Å². The number of ether oxygens (including phenoxy) is 2. The molecule has 6 nitrogen and oxygen atoms in total. The SMILES string of the molecule is COC(=O)C1CCc2c(nnn2COCC[Si](C)(C)C)C1. The summed E-state index contributed by atoms with van der Waals surface area (Å²) in [4.78, 5) is 11.6. The fourth-order valence-electron chi connectivity index (χ4n) is 2.45. The molecule has 1 unspecified atom stereocenters. The van der Waals surface area contributed by atoms with E-state index in [1.54, 1.807) is 0 Å². The Bertz CT molecular complexity index is 496. The molecule has 0 spiro atoms. The Hall–Kier alpha value is -1.21. The van der Waals surface area contributed by atoms with Gasteiger partial charge in [-0.15, -0.1) is 5.10 Å². The van der Waals surface area contributed by atoms with Gasteiger partial charge in [-0.1, -0.05) is 24.9 Å². The quantitative estimate of drug-likeness (QED) is 0.456. The van der Waals surface area contributed by atoms with Crippen LogP contribution in [0.15, 0.2) is 0 Å². The van der Waals surface area contributed by atoms with Crippen LogP contribution in [0.1, 0.15) is 17.8 Å². The van der Waals surface area contributed by atoms with Crippen molar-refractivity contribution in [2.45, 2.75) is 51.7 Å². The molecular weight excluding hydrogens is 286 g/mol. The maximum Gasteiger partial charge on any atom is 0.309 e. The number of rotatable bonds is 6. The minimum absolute atomic E-state index is 0.0829. The van der Waals surface area contributed by atoms with Gasteiger partial charge in [-0.3, -0.25) is 4.79 Å². The predicted octanol–water partition coefficient (Wildman–Crippen LogP) is 1.87. The van der Waals surface area contributed by atoms with Gasteiger partial charge in [0, 0.05) is 21.1 Å². The van der Waals surface area contributed by atoms with Crippen molar-refractivity contribution in [3.05, 3.63) is 11.4 Å². The number of esters is 1. The smallest absolute Gasteiger partial charge is 0.309 e. The third-order valence-corrected chi connectivity index (χ3v) is 5.54. The fourth-order valence-corrected chi connectivity index (χ4v) is 3.20. The summed E-state index contributed by atoms with van der Waals surface area (Å²) in [5, 5.41) is 8.34. The molecule has 7 heteroatoms. The van der Waals surface area contributed by atoms with E-state index in [4.69, 9.17) is 9.47 Å². The summed E-state index contributed by atoms with van der Waals surface area (Å²) < 4.78 is 12.4. The number of hydrogen-bond donors (Lipinski definition) is 0. The Labute approximate surface area is 126 Å². The van der Waals surface area contributed by atoms with Gasteiger partial charge in [0.05, 0.1) is 24.4 Å². The maximum absolute atomic E-state index is 11.6. The predicted molar refractivity (Wildman–Crippen MR) is 81.7 cm³/mol. The highest BCUT2D eigenvalue weighted by Gasteiger charge is 2.29. The molecule has 2 rings (SSSR count). The first-order valence-corrected chi connectivity index (χ1v) is 11.2. The lowest BCUT2D eigenvalue weighted by atomic mass is 9.90. The Morgan fingerprint density at radius 3 is 2.86 bits per heavy atom. The van der Waals surface area contributed by atoms with Gasteiger partial charge in [0.2, 0.25) is 0 Å². The summed E-state index contributed by atoms with van der Waals surface area (Å²) in [6, 6.07) is 1.15. The Morgan fingerprint density at radius 2 is 2.19 bits per heavy atom. The van der Waals surface area contributed by atoms with Crippen molar-refractivity contribution in [3.63, 3.8) is 0 Å². The van der Waals surface area contributed by atoms with Crippen LogP contribution in [0.5, 0.6) is 0 Å². The van der Waals surface area contributed by atoms with Crippen LogP contribution in [0, 0.1) is 5.92 Å². The molecule has 1 aromatic rings. The van der Waals surface area contributed by atoms with Crippen LogP contribution in [0.3, 0.4) is 0 Å². The molecule has 21 heavy (non-hydrogen) atoms. The van der Waals surface area contributed by atoms with Gasteiger partial charge in [-0.25, -0.2) is 4.68 Å². The highest BCUT2D eigenvalue weighted by Crippen LogP contribution is 2.24. The van der Waals surface area contributed by atoms with Crippen LogP contribution in [0.2, 0.25) is 25.7 Å². The number of carbonyl (C=O) groups is 1. The van der Waals surface area contributed by atoms with E-state index >= 15 is 0 Å². The third kappa shape index (κ3) is 4.37. The average Bonchev–Trinajstić information content (AvgIpc) is 2.84. The first-order valence-electron chi connectivity index (χ1n) is 7.47. The Morgan fingerprint density at radius 1 is 1.43 bits per heavy atom. The molecule has 0 amide bonds. The van der Waals surface area contributed by atoms with Crippen molar-refractivity contribution in [2.24, 2.45) is 5.92 Å². The van der Waals surface area contributed by atoms with E-state index in [2.05, 4.69) is 30.0 Å². The zero-order chi connectivity index (χ0) is 15.5.